The van der Waals surface area contributed by atoms with Crippen LogP contribution in [0.2, 0.25) is 0 Å². The predicted molar refractivity (Wildman–Crippen MR) is 241 cm³/mol. The molecule has 0 radical (unpaired) electrons. The van der Waals surface area contributed by atoms with Crippen LogP contribution in [-0.2, 0) is 83.3 Å². The maximum atomic E-state index is 12.9. The summed E-state index contributed by atoms with van der Waals surface area (Å²) < 4.78 is 72.1. The fraction of sp³-hybridized carbons (Fsp3) is 0.490. The Morgan fingerprint density at radius 1 is 0.493 bits per heavy atom. The quantitative estimate of drug-likeness (QED) is 0.0354. The topological polar surface area (TPSA) is 216 Å². The lowest BCUT2D eigenvalue weighted by atomic mass is 9.94. The first-order chi connectivity index (χ1) is 32.7. The van der Waals surface area contributed by atoms with Gasteiger partial charge in [0, 0.05) is 23.9 Å². The van der Waals surface area contributed by atoms with E-state index in [0.717, 1.165) is 22.3 Å². The van der Waals surface area contributed by atoms with E-state index in [2.05, 4.69) is 20.1 Å². The zero-order chi connectivity index (χ0) is 47.1. The zero-order valence-electron chi connectivity index (χ0n) is 38.1. The first kappa shape index (κ1) is 49.5. The summed E-state index contributed by atoms with van der Waals surface area (Å²) in [7, 11) is 1.51. The second-order valence-corrected chi connectivity index (χ2v) is 16.6. The minimum Gasteiger partial charge on any atom is -0.454 e. The number of esters is 1. The molecule has 4 aromatic carbocycles. The number of nitrogens with zero attached hydrogens (tertiary/aromatic N) is 6. The summed E-state index contributed by atoms with van der Waals surface area (Å²) in [4.78, 5) is 19.2. The molecule has 3 heterocycles. The number of hydrogen-bond donors (Lipinski definition) is 0. The van der Waals surface area contributed by atoms with Crippen LogP contribution in [0.25, 0.3) is 20.9 Å². The third-order valence-electron chi connectivity index (χ3n) is 11.9. The molecule has 0 N–H and O–H groups in total. The van der Waals surface area contributed by atoms with E-state index in [1.165, 1.54) is 14.0 Å². The third-order valence-corrected chi connectivity index (χ3v) is 11.9. The van der Waals surface area contributed by atoms with Crippen LogP contribution in [0.4, 0.5) is 0 Å². The monoisotopic (exact) mass is 922 g/mol. The summed E-state index contributed by atoms with van der Waals surface area (Å²) >= 11 is 0. The largest absolute Gasteiger partial charge is 0.454 e. The van der Waals surface area contributed by atoms with Gasteiger partial charge in [0.2, 0.25) is 0 Å². The van der Waals surface area contributed by atoms with Crippen LogP contribution < -0.4 is 0 Å². The number of methoxy groups -OCH3 is 1. The average molecular weight is 923 g/mol. The molecule has 0 spiro atoms. The van der Waals surface area contributed by atoms with Gasteiger partial charge in [0.15, 0.2) is 25.0 Å². The Bertz CT molecular complexity index is 2220. The fourth-order valence-corrected chi connectivity index (χ4v) is 8.57. The van der Waals surface area contributed by atoms with Crippen molar-refractivity contribution in [1.82, 2.24) is 0 Å². The van der Waals surface area contributed by atoms with E-state index in [0.29, 0.717) is 0 Å². The van der Waals surface area contributed by atoms with Crippen molar-refractivity contribution in [2.75, 3.05) is 7.11 Å². The maximum Gasteiger partial charge on any atom is 0.303 e. The van der Waals surface area contributed by atoms with Crippen LogP contribution in [0.15, 0.2) is 132 Å². The Hall–Kier alpha value is -5.43. The zero-order valence-corrected chi connectivity index (χ0v) is 38.1. The van der Waals surface area contributed by atoms with Crippen molar-refractivity contribution in [3.05, 3.63) is 164 Å². The molecule has 18 nitrogen and oxygen atoms in total. The first-order valence-electron chi connectivity index (χ1n) is 22.3. The molecule has 15 atom stereocenters. The molecule has 0 bridgehead atoms. The highest BCUT2D eigenvalue weighted by molar-refractivity contribution is 5.66. The molecule has 4 aromatic rings. The Labute approximate surface area is 389 Å². The number of hydrogen-bond acceptors (Lipinski definition) is 14. The van der Waals surface area contributed by atoms with Crippen molar-refractivity contribution in [2.24, 2.45) is 10.2 Å². The van der Waals surface area contributed by atoms with E-state index >= 15 is 0 Å². The SMILES string of the molecule is CO[C@H]1O[C@H](C)[C@@H](OCc2ccccc2)[C@H](OCc2ccccc2)[C@@H]1O[C@@H]1O[C@H](C)[C@@H](N=[N+]=[N-])[C@H](OCc2ccccc2)[C@@H]1O[C@H]1O[C@H](C)[C@@H](N=[N+]=[N-])[C@H](OCc2ccccc2)[C@@H]1OC(C)=O. The minimum absolute atomic E-state index is 0.0717. The predicted octanol–water partition coefficient (Wildman–Crippen LogP) is 8.27. The summed E-state index contributed by atoms with van der Waals surface area (Å²) in [5.74, 6) is -0.675. The summed E-state index contributed by atoms with van der Waals surface area (Å²) in [6.07, 6.45) is -13.2. The van der Waals surface area contributed by atoms with E-state index in [-0.39, 0.29) is 26.4 Å². The molecule has 3 saturated heterocycles. The van der Waals surface area contributed by atoms with Crippen LogP contribution in [0, 0.1) is 0 Å². The molecular weight excluding hydrogens is 865 g/mol. The number of azide groups is 2. The summed E-state index contributed by atoms with van der Waals surface area (Å²) in [5.41, 5.74) is 23.1. The molecule has 3 fully saturated rings. The summed E-state index contributed by atoms with van der Waals surface area (Å²) in [5, 5.41) is 8.19. The first-order valence-corrected chi connectivity index (χ1v) is 22.3. The van der Waals surface area contributed by atoms with E-state index < -0.39 is 98.0 Å². The standard InChI is InChI=1S/C49H58N6O12/c1-30-38(52-54-50)41(59-27-35-20-12-7-13-21-35)44(65-33(4)56)48(62-30)66-45-42(60-28-36-22-14-8-15-23-36)39(53-55-51)31(2)63-49(45)67-46-43(61-29-37-24-16-9-17-25-37)40(32(3)64-47(46)57-5)58-26-34-18-10-6-11-19-34/h6-25,30-32,38-49H,26-29H2,1-5H3/t30-,31-,32-,38-,39-,40-,41+,42+,43+,44+,45+,46+,47+,48-,49+/m1/s1. The smallest absolute Gasteiger partial charge is 0.303 e. The second kappa shape index (κ2) is 24.5. The molecule has 0 aromatic heterocycles. The fourth-order valence-electron chi connectivity index (χ4n) is 8.57. The van der Waals surface area contributed by atoms with Crippen LogP contribution in [0.3, 0.4) is 0 Å². The van der Waals surface area contributed by atoms with Gasteiger partial charge in [-0.2, -0.15) is 0 Å². The van der Waals surface area contributed by atoms with Crippen molar-refractivity contribution in [1.29, 1.82) is 0 Å². The van der Waals surface area contributed by atoms with Gasteiger partial charge in [0.1, 0.15) is 36.6 Å². The minimum atomic E-state index is -1.40. The third kappa shape index (κ3) is 13.0. The van der Waals surface area contributed by atoms with Crippen molar-refractivity contribution in [2.45, 2.75) is 146 Å². The number of benzene rings is 4. The van der Waals surface area contributed by atoms with Gasteiger partial charge in [0.05, 0.1) is 56.8 Å². The Balaban J connectivity index is 1.28. The summed E-state index contributed by atoms with van der Waals surface area (Å²) in [6.45, 7) is 7.16. The Morgan fingerprint density at radius 3 is 1.22 bits per heavy atom. The molecule has 7 rings (SSSR count). The van der Waals surface area contributed by atoms with E-state index in [1.807, 2.05) is 128 Å². The lowest BCUT2D eigenvalue weighted by Gasteiger charge is -2.50. The van der Waals surface area contributed by atoms with E-state index in [1.54, 1.807) is 13.8 Å². The Kier molecular flexibility index (Phi) is 18.1. The molecule has 0 unspecified atom stereocenters. The molecule has 3 aliphatic heterocycles. The van der Waals surface area contributed by atoms with Crippen LogP contribution >= 0.6 is 0 Å². The van der Waals surface area contributed by atoms with Gasteiger partial charge >= 0.3 is 5.97 Å². The molecule has 0 amide bonds. The highest BCUT2D eigenvalue weighted by atomic mass is 16.8. The van der Waals surface area contributed by atoms with Crippen molar-refractivity contribution >= 4 is 5.97 Å². The van der Waals surface area contributed by atoms with Crippen LogP contribution in [-0.4, -0.2) is 105 Å². The highest BCUT2D eigenvalue weighted by Crippen LogP contribution is 2.38. The molecule has 3 aliphatic rings. The second-order valence-electron chi connectivity index (χ2n) is 16.6. The van der Waals surface area contributed by atoms with Crippen molar-refractivity contribution in [3.8, 4) is 0 Å². The highest BCUT2D eigenvalue weighted by Gasteiger charge is 2.56. The number of carbonyl (C=O) groups is 1. The van der Waals surface area contributed by atoms with E-state index in [9.17, 15) is 15.9 Å². The lowest BCUT2D eigenvalue weighted by Crippen LogP contribution is -2.66. The summed E-state index contributed by atoms with van der Waals surface area (Å²) in [6, 6.07) is 36.4. The van der Waals surface area contributed by atoms with Gasteiger partial charge in [-0.3, -0.25) is 4.79 Å². The van der Waals surface area contributed by atoms with Crippen molar-refractivity contribution in [3.63, 3.8) is 0 Å². The molecule has 67 heavy (non-hydrogen) atoms. The van der Waals surface area contributed by atoms with Crippen molar-refractivity contribution < 1.29 is 56.9 Å². The molecule has 18 heteroatoms. The van der Waals surface area contributed by atoms with Gasteiger partial charge < -0.3 is 52.1 Å². The van der Waals surface area contributed by atoms with Gasteiger partial charge in [-0.05, 0) is 54.1 Å². The number of rotatable bonds is 20. The Morgan fingerprint density at radius 2 is 0.836 bits per heavy atom. The van der Waals surface area contributed by atoms with E-state index in [4.69, 9.17) is 52.1 Å². The van der Waals surface area contributed by atoms with Crippen LogP contribution in [0.5, 0.6) is 0 Å². The molecule has 356 valence electrons. The van der Waals surface area contributed by atoms with Crippen LogP contribution in [0.1, 0.15) is 49.9 Å². The molecular formula is C49H58N6O12. The normalized spacial score (nSPS) is 31.7. The molecule has 0 aliphatic carbocycles. The van der Waals surface area contributed by atoms with Gasteiger partial charge in [-0.1, -0.05) is 132 Å². The maximum absolute atomic E-state index is 12.9. The van der Waals surface area contributed by atoms with Gasteiger partial charge in [0.25, 0.3) is 0 Å². The molecule has 0 saturated carbocycles. The van der Waals surface area contributed by atoms with Gasteiger partial charge in [-0.25, -0.2) is 0 Å². The average Bonchev–Trinajstić information content (AvgIpc) is 3.34. The number of ether oxygens (including phenoxy) is 11. The lowest BCUT2D eigenvalue weighted by molar-refractivity contribution is -0.384. The number of carbonyl (C=O) groups excluding carboxylic acids is 1. The van der Waals surface area contributed by atoms with Gasteiger partial charge in [-0.15, -0.1) is 0 Å².